The Hall–Kier alpha value is -3.18. The predicted octanol–water partition coefficient (Wildman–Crippen LogP) is 4.31. The van der Waals surface area contributed by atoms with Crippen molar-refractivity contribution in [2.45, 2.75) is 13.5 Å². The van der Waals surface area contributed by atoms with Crippen LogP contribution in [0.1, 0.15) is 21.6 Å². The topological polar surface area (TPSA) is 59.8 Å². The standard InChI is InChI=1S/C21H17ClN4O/c1-14-17(21(27)23-12-16-7-2-4-8-18(16)22)13-24-26(14)20-11-10-15-6-3-5-9-19(15)25-20/h2-11,13H,12H2,1H3,(H,23,27). The number of nitrogens with zero attached hydrogens (tertiary/aromatic N) is 3. The SMILES string of the molecule is Cc1c(C(=O)NCc2ccccc2Cl)cnn1-c1ccc2ccccc2n1. The quantitative estimate of drug-likeness (QED) is 0.577. The van der Waals surface area contributed by atoms with Crippen LogP contribution in [-0.4, -0.2) is 20.7 Å². The number of amides is 1. The van der Waals surface area contributed by atoms with Gasteiger partial charge in [-0.2, -0.15) is 5.10 Å². The van der Waals surface area contributed by atoms with Crippen LogP contribution in [0.4, 0.5) is 0 Å². The highest BCUT2D eigenvalue weighted by Gasteiger charge is 2.16. The molecule has 4 aromatic rings. The van der Waals surface area contributed by atoms with E-state index in [1.807, 2.05) is 61.5 Å². The summed E-state index contributed by atoms with van der Waals surface area (Å²) in [5.74, 6) is 0.482. The molecule has 1 N–H and O–H groups in total. The fraction of sp³-hybridized carbons (Fsp3) is 0.0952. The number of para-hydroxylation sites is 1. The summed E-state index contributed by atoms with van der Waals surface area (Å²) in [5, 5.41) is 8.94. The molecule has 0 fully saturated rings. The molecular formula is C21H17ClN4O. The molecular weight excluding hydrogens is 360 g/mol. The Bertz CT molecular complexity index is 1140. The molecule has 134 valence electrons. The number of hydrogen-bond donors (Lipinski definition) is 1. The van der Waals surface area contributed by atoms with E-state index in [0.29, 0.717) is 22.9 Å². The summed E-state index contributed by atoms with van der Waals surface area (Å²) in [6.07, 6.45) is 1.56. The molecule has 0 aliphatic rings. The van der Waals surface area contributed by atoms with Crippen LogP contribution in [0.3, 0.4) is 0 Å². The number of pyridine rings is 1. The van der Waals surface area contributed by atoms with Crippen molar-refractivity contribution in [3.05, 3.63) is 88.7 Å². The minimum atomic E-state index is -0.195. The van der Waals surface area contributed by atoms with Crippen molar-refractivity contribution >= 4 is 28.4 Å². The van der Waals surface area contributed by atoms with Crippen LogP contribution < -0.4 is 5.32 Å². The number of fused-ring (bicyclic) bond motifs is 1. The normalized spacial score (nSPS) is 10.9. The lowest BCUT2D eigenvalue weighted by Gasteiger charge is -2.08. The van der Waals surface area contributed by atoms with Gasteiger partial charge in [0.25, 0.3) is 5.91 Å². The smallest absolute Gasteiger partial charge is 0.255 e. The van der Waals surface area contributed by atoms with Gasteiger partial charge >= 0.3 is 0 Å². The molecule has 2 heterocycles. The molecule has 0 unspecified atom stereocenters. The van der Waals surface area contributed by atoms with Crippen molar-refractivity contribution in [3.8, 4) is 5.82 Å². The van der Waals surface area contributed by atoms with E-state index in [9.17, 15) is 4.79 Å². The van der Waals surface area contributed by atoms with Gasteiger partial charge in [-0.1, -0.05) is 48.0 Å². The lowest BCUT2D eigenvalue weighted by molar-refractivity contribution is 0.0950. The highest BCUT2D eigenvalue weighted by molar-refractivity contribution is 6.31. The summed E-state index contributed by atoms with van der Waals surface area (Å²) >= 11 is 6.14. The maximum absolute atomic E-state index is 12.6. The number of rotatable bonds is 4. The summed E-state index contributed by atoms with van der Waals surface area (Å²) in [6, 6.07) is 19.2. The van der Waals surface area contributed by atoms with E-state index >= 15 is 0 Å². The van der Waals surface area contributed by atoms with Gasteiger partial charge in [-0.05, 0) is 36.8 Å². The largest absolute Gasteiger partial charge is 0.348 e. The second kappa shape index (κ2) is 7.21. The first-order valence-corrected chi connectivity index (χ1v) is 8.93. The molecule has 0 aliphatic heterocycles. The van der Waals surface area contributed by atoms with Crippen LogP contribution in [0.25, 0.3) is 16.7 Å². The molecule has 0 spiro atoms. The number of benzene rings is 2. The third-order valence-electron chi connectivity index (χ3n) is 4.45. The van der Waals surface area contributed by atoms with Crippen LogP contribution in [0, 0.1) is 6.92 Å². The van der Waals surface area contributed by atoms with E-state index in [-0.39, 0.29) is 5.91 Å². The summed E-state index contributed by atoms with van der Waals surface area (Å²) in [4.78, 5) is 17.2. The molecule has 0 radical (unpaired) electrons. The summed E-state index contributed by atoms with van der Waals surface area (Å²) in [6.45, 7) is 2.21. The van der Waals surface area contributed by atoms with Crippen molar-refractivity contribution in [2.24, 2.45) is 0 Å². The molecule has 0 saturated heterocycles. The van der Waals surface area contributed by atoms with E-state index in [4.69, 9.17) is 11.6 Å². The second-order valence-electron chi connectivity index (χ2n) is 6.19. The zero-order valence-electron chi connectivity index (χ0n) is 14.7. The second-order valence-corrected chi connectivity index (χ2v) is 6.60. The molecule has 2 aromatic heterocycles. The van der Waals surface area contributed by atoms with E-state index in [1.165, 1.54) is 0 Å². The number of halogens is 1. The average Bonchev–Trinajstić information content (AvgIpc) is 3.08. The fourth-order valence-electron chi connectivity index (χ4n) is 2.95. The van der Waals surface area contributed by atoms with Crippen LogP contribution >= 0.6 is 11.6 Å². The first kappa shape index (κ1) is 17.2. The third-order valence-corrected chi connectivity index (χ3v) is 4.82. The van der Waals surface area contributed by atoms with Gasteiger partial charge in [0.05, 0.1) is 23.0 Å². The molecule has 0 saturated carbocycles. The first-order chi connectivity index (χ1) is 13.1. The van der Waals surface area contributed by atoms with Crippen LogP contribution in [-0.2, 0) is 6.54 Å². The van der Waals surface area contributed by atoms with Gasteiger partial charge in [0.2, 0.25) is 0 Å². The van der Waals surface area contributed by atoms with Crippen molar-refractivity contribution < 1.29 is 4.79 Å². The average molecular weight is 377 g/mol. The number of carbonyl (C=O) groups excluding carboxylic acids is 1. The Balaban J connectivity index is 1.57. The summed E-state index contributed by atoms with van der Waals surface area (Å²) in [7, 11) is 0. The van der Waals surface area contributed by atoms with E-state index in [2.05, 4.69) is 15.4 Å². The molecule has 2 aromatic carbocycles. The molecule has 0 aliphatic carbocycles. The van der Waals surface area contributed by atoms with Crippen LogP contribution in [0.2, 0.25) is 5.02 Å². The number of nitrogens with one attached hydrogen (secondary N) is 1. The van der Waals surface area contributed by atoms with Gasteiger partial charge < -0.3 is 5.32 Å². The van der Waals surface area contributed by atoms with Gasteiger partial charge in [0.15, 0.2) is 5.82 Å². The Labute approximate surface area is 161 Å². The molecule has 5 nitrogen and oxygen atoms in total. The predicted molar refractivity (Wildman–Crippen MR) is 106 cm³/mol. The monoisotopic (exact) mass is 376 g/mol. The fourth-order valence-corrected chi connectivity index (χ4v) is 3.15. The van der Waals surface area contributed by atoms with Gasteiger partial charge in [-0.25, -0.2) is 9.67 Å². The van der Waals surface area contributed by atoms with Crippen molar-refractivity contribution in [3.63, 3.8) is 0 Å². The van der Waals surface area contributed by atoms with E-state index in [0.717, 1.165) is 22.2 Å². The summed E-state index contributed by atoms with van der Waals surface area (Å²) in [5.41, 5.74) is 3.00. The van der Waals surface area contributed by atoms with Gasteiger partial charge in [-0.15, -0.1) is 0 Å². The highest BCUT2D eigenvalue weighted by Crippen LogP contribution is 2.18. The maximum atomic E-state index is 12.6. The molecule has 0 bridgehead atoms. The highest BCUT2D eigenvalue weighted by atomic mass is 35.5. The third kappa shape index (κ3) is 3.41. The number of hydrogen-bond acceptors (Lipinski definition) is 3. The van der Waals surface area contributed by atoms with Crippen molar-refractivity contribution in [2.75, 3.05) is 0 Å². The molecule has 27 heavy (non-hydrogen) atoms. The number of carbonyl (C=O) groups is 1. The van der Waals surface area contributed by atoms with Gasteiger partial charge in [0.1, 0.15) is 0 Å². The summed E-state index contributed by atoms with van der Waals surface area (Å²) < 4.78 is 1.68. The lowest BCUT2D eigenvalue weighted by atomic mass is 10.2. The van der Waals surface area contributed by atoms with Crippen LogP contribution in [0.5, 0.6) is 0 Å². The Morgan fingerprint density at radius 2 is 1.85 bits per heavy atom. The number of aromatic nitrogens is 3. The van der Waals surface area contributed by atoms with E-state index < -0.39 is 0 Å². The molecule has 6 heteroatoms. The minimum absolute atomic E-state index is 0.195. The van der Waals surface area contributed by atoms with Crippen molar-refractivity contribution in [1.82, 2.24) is 20.1 Å². The lowest BCUT2D eigenvalue weighted by Crippen LogP contribution is -2.23. The van der Waals surface area contributed by atoms with Crippen molar-refractivity contribution in [1.29, 1.82) is 0 Å². The Kier molecular flexibility index (Phi) is 4.60. The van der Waals surface area contributed by atoms with Gasteiger partial charge in [0, 0.05) is 17.0 Å². The van der Waals surface area contributed by atoms with E-state index in [1.54, 1.807) is 16.9 Å². The molecule has 1 amide bonds. The zero-order valence-corrected chi connectivity index (χ0v) is 15.4. The first-order valence-electron chi connectivity index (χ1n) is 8.56. The van der Waals surface area contributed by atoms with Gasteiger partial charge in [-0.3, -0.25) is 4.79 Å². The zero-order chi connectivity index (χ0) is 18.8. The van der Waals surface area contributed by atoms with Crippen LogP contribution in [0.15, 0.2) is 66.9 Å². The minimum Gasteiger partial charge on any atom is -0.348 e. The Morgan fingerprint density at radius 1 is 1.07 bits per heavy atom. The molecule has 0 atom stereocenters. The Morgan fingerprint density at radius 3 is 2.70 bits per heavy atom. The molecule has 4 rings (SSSR count). The maximum Gasteiger partial charge on any atom is 0.255 e.